The first kappa shape index (κ1) is 14.5. The van der Waals surface area contributed by atoms with E-state index >= 15 is 0 Å². The highest BCUT2D eigenvalue weighted by Crippen LogP contribution is 2.12. The van der Waals surface area contributed by atoms with Crippen LogP contribution in [0, 0.1) is 0 Å². The van der Waals surface area contributed by atoms with Crippen molar-refractivity contribution in [3.63, 3.8) is 0 Å². The van der Waals surface area contributed by atoms with Crippen LogP contribution in [0.2, 0.25) is 0 Å². The molecule has 20 heavy (non-hydrogen) atoms. The molecule has 0 aliphatic carbocycles. The smallest absolute Gasteiger partial charge is 0.138 e. The molecule has 5 nitrogen and oxygen atoms in total. The second-order valence-corrected chi connectivity index (χ2v) is 4.62. The number of nitrogens with zero attached hydrogens (tertiary/aromatic N) is 3. The standard InChI is InChI=1S/C15H22N4O/c1-3-7-16-8-13-5-6-15(10-18-13)20-11-14-9-17-12-19(14)4-2/h5-6,9-10,12,16H,3-4,7-8,11H2,1-2H3. The molecule has 2 aromatic rings. The molecule has 0 bridgehead atoms. The van der Waals surface area contributed by atoms with Gasteiger partial charge in [-0.15, -0.1) is 0 Å². The van der Waals surface area contributed by atoms with Gasteiger partial charge < -0.3 is 14.6 Å². The Bertz CT molecular complexity index is 507. The van der Waals surface area contributed by atoms with E-state index in [-0.39, 0.29) is 0 Å². The molecule has 0 radical (unpaired) electrons. The van der Waals surface area contributed by atoms with E-state index < -0.39 is 0 Å². The Labute approximate surface area is 120 Å². The summed E-state index contributed by atoms with van der Waals surface area (Å²) in [5, 5.41) is 3.33. The third-order valence-corrected chi connectivity index (χ3v) is 3.06. The fourth-order valence-electron chi connectivity index (χ4n) is 1.90. The summed E-state index contributed by atoms with van der Waals surface area (Å²) < 4.78 is 7.80. The lowest BCUT2D eigenvalue weighted by Crippen LogP contribution is -2.14. The molecule has 0 aliphatic heterocycles. The number of hydrogen-bond acceptors (Lipinski definition) is 4. The van der Waals surface area contributed by atoms with Crippen LogP contribution in [-0.4, -0.2) is 21.1 Å². The van der Waals surface area contributed by atoms with Gasteiger partial charge in [0.05, 0.1) is 30.1 Å². The summed E-state index contributed by atoms with van der Waals surface area (Å²) >= 11 is 0. The Morgan fingerprint density at radius 3 is 2.85 bits per heavy atom. The minimum Gasteiger partial charge on any atom is -0.486 e. The predicted molar refractivity (Wildman–Crippen MR) is 78.5 cm³/mol. The van der Waals surface area contributed by atoms with Crippen LogP contribution in [0.5, 0.6) is 5.75 Å². The lowest BCUT2D eigenvalue weighted by atomic mass is 10.3. The summed E-state index contributed by atoms with van der Waals surface area (Å²) in [5.74, 6) is 0.785. The minimum atomic E-state index is 0.517. The maximum absolute atomic E-state index is 5.73. The molecular formula is C15H22N4O. The summed E-state index contributed by atoms with van der Waals surface area (Å²) in [7, 11) is 0. The van der Waals surface area contributed by atoms with Gasteiger partial charge in [0.1, 0.15) is 12.4 Å². The van der Waals surface area contributed by atoms with Gasteiger partial charge >= 0.3 is 0 Å². The number of nitrogens with one attached hydrogen (secondary N) is 1. The van der Waals surface area contributed by atoms with Crippen LogP contribution in [0.3, 0.4) is 0 Å². The molecular weight excluding hydrogens is 252 g/mol. The van der Waals surface area contributed by atoms with Crippen molar-refractivity contribution >= 4 is 0 Å². The Hall–Kier alpha value is -1.88. The van der Waals surface area contributed by atoms with Crippen LogP contribution in [0.1, 0.15) is 31.7 Å². The summed E-state index contributed by atoms with van der Waals surface area (Å²) in [5.41, 5.74) is 2.10. The van der Waals surface area contributed by atoms with E-state index in [2.05, 4.69) is 33.7 Å². The first-order valence-electron chi connectivity index (χ1n) is 7.11. The van der Waals surface area contributed by atoms with E-state index in [1.165, 1.54) is 0 Å². The van der Waals surface area contributed by atoms with Crippen molar-refractivity contribution in [2.24, 2.45) is 0 Å². The van der Waals surface area contributed by atoms with Crippen molar-refractivity contribution < 1.29 is 4.74 Å². The van der Waals surface area contributed by atoms with Crippen LogP contribution in [-0.2, 0) is 19.7 Å². The van der Waals surface area contributed by atoms with Crippen molar-refractivity contribution in [2.75, 3.05) is 6.54 Å². The molecule has 0 aliphatic rings. The first-order chi connectivity index (χ1) is 9.83. The number of ether oxygens (including phenoxy) is 1. The average Bonchev–Trinajstić information content (AvgIpc) is 2.94. The summed E-state index contributed by atoms with van der Waals surface area (Å²) in [6.07, 6.45) is 6.56. The zero-order chi connectivity index (χ0) is 14.2. The van der Waals surface area contributed by atoms with Gasteiger partial charge in [0.15, 0.2) is 0 Å². The molecule has 0 saturated heterocycles. The first-order valence-corrected chi connectivity index (χ1v) is 7.11. The Morgan fingerprint density at radius 2 is 2.15 bits per heavy atom. The Morgan fingerprint density at radius 1 is 1.25 bits per heavy atom. The lowest BCUT2D eigenvalue weighted by Gasteiger charge is -2.08. The highest BCUT2D eigenvalue weighted by molar-refractivity contribution is 5.20. The van der Waals surface area contributed by atoms with Gasteiger partial charge in [-0.2, -0.15) is 0 Å². The van der Waals surface area contributed by atoms with Crippen molar-refractivity contribution in [3.8, 4) is 5.75 Å². The molecule has 0 aromatic carbocycles. The number of imidazole rings is 1. The molecule has 0 unspecified atom stereocenters. The molecule has 2 aromatic heterocycles. The van der Waals surface area contributed by atoms with Crippen LogP contribution in [0.15, 0.2) is 30.9 Å². The van der Waals surface area contributed by atoms with E-state index in [4.69, 9.17) is 4.74 Å². The van der Waals surface area contributed by atoms with Crippen LogP contribution in [0.4, 0.5) is 0 Å². The van der Waals surface area contributed by atoms with Crippen molar-refractivity contribution in [1.82, 2.24) is 19.9 Å². The summed E-state index contributed by atoms with van der Waals surface area (Å²) in [4.78, 5) is 8.50. The Kier molecular flexibility index (Phi) is 5.55. The van der Waals surface area contributed by atoms with Gasteiger partial charge in [-0.3, -0.25) is 4.98 Å². The van der Waals surface area contributed by atoms with Gasteiger partial charge in [-0.25, -0.2) is 4.98 Å². The number of pyridine rings is 1. The molecule has 0 fully saturated rings. The van der Waals surface area contributed by atoms with Gasteiger partial charge in [-0.1, -0.05) is 6.92 Å². The fourth-order valence-corrected chi connectivity index (χ4v) is 1.90. The SMILES string of the molecule is CCCNCc1ccc(OCc2cncn2CC)cn1. The molecule has 0 atom stereocenters. The molecule has 0 amide bonds. The molecule has 5 heteroatoms. The van der Waals surface area contributed by atoms with E-state index in [1.807, 2.05) is 24.7 Å². The third kappa shape index (κ3) is 4.06. The predicted octanol–water partition coefficient (Wildman–Crippen LogP) is 2.38. The van der Waals surface area contributed by atoms with E-state index in [0.29, 0.717) is 6.61 Å². The monoisotopic (exact) mass is 274 g/mol. The minimum absolute atomic E-state index is 0.517. The molecule has 1 N–H and O–H groups in total. The number of rotatable bonds is 8. The molecule has 108 valence electrons. The Balaban J connectivity index is 1.84. The van der Waals surface area contributed by atoms with Crippen LogP contribution >= 0.6 is 0 Å². The van der Waals surface area contributed by atoms with E-state index in [1.54, 1.807) is 6.20 Å². The average molecular weight is 274 g/mol. The molecule has 2 heterocycles. The van der Waals surface area contributed by atoms with Crippen molar-refractivity contribution in [1.29, 1.82) is 0 Å². The third-order valence-electron chi connectivity index (χ3n) is 3.06. The second kappa shape index (κ2) is 7.65. The molecule has 2 rings (SSSR count). The van der Waals surface area contributed by atoms with Gasteiger partial charge in [0.2, 0.25) is 0 Å². The number of aromatic nitrogens is 3. The topological polar surface area (TPSA) is 52.0 Å². The zero-order valence-electron chi connectivity index (χ0n) is 12.2. The van der Waals surface area contributed by atoms with Gasteiger partial charge in [-0.05, 0) is 32.0 Å². The highest BCUT2D eigenvalue weighted by Gasteiger charge is 2.02. The van der Waals surface area contributed by atoms with Crippen molar-refractivity contribution in [2.45, 2.75) is 40.0 Å². The van der Waals surface area contributed by atoms with Gasteiger partial charge in [0, 0.05) is 13.1 Å². The quantitative estimate of drug-likeness (QED) is 0.751. The van der Waals surface area contributed by atoms with E-state index in [0.717, 1.165) is 43.2 Å². The summed E-state index contributed by atoms with van der Waals surface area (Å²) in [6, 6.07) is 3.96. The fraction of sp³-hybridized carbons (Fsp3) is 0.467. The lowest BCUT2D eigenvalue weighted by molar-refractivity contribution is 0.294. The second-order valence-electron chi connectivity index (χ2n) is 4.62. The highest BCUT2D eigenvalue weighted by atomic mass is 16.5. The summed E-state index contributed by atoms with van der Waals surface area (Å²) in [6.45, 7) is 7.48. The molecule has 0 saturated carbocycles. The zero-order valence-corrected chi connectivity index (χ0v) is 12.2. The number of aryl methyl sites for hydroxylation is 1. The van der Waals surface area contributed by atoms with Crippen molar-refractivity contribution in [3.05, 3.63) is 42.2 Å². The van der Waals surface area contributed by atoms with Crippen LogP contribution in [0.25, 0.3) is 0 Å². The van der Waals surface area contributed by atoms with Gasteiger partial charge in [0.25, 0.3) is 0 Å². The van der Waals surface area contributed by atoms with E-state index in [9.17, 15) is 0 Å². The largest absolute Gasteiger partial charge is 0.486 e. The number of hydrogen-bond donors (Lipinski definition) is 1. The maximum atomic E-state index is 5.73. The van der Waals surface area contributed by atoms with Crippen LogP contribution < -0.4 is 10.1 Å². The maximum Gasteiger partial charge on any atom is 0.138 e. The molecule has 0 spiro atoms. The normalized spacial score (nSPS) is 10.7.